The van der Waals surface area contributed by atoms with E-state index in [2.05, 4.69) is 50.6 Å². The average Bonchev–Trinajstić information content (AvgIpc) is 2.40. The van der Waals surface area contributed by atoms with Crippen molar-refractivity contribution in [1.29, 1.82) is 0 Å². The minimum absolute atomic E-state index is 0.296. The van der Waals surface area contributed by atoms with Crippen molar-refractivity contribution in [1.82, 2.24) is 15.5 Å². The van der Waals surface area contributed by atoms with Crippen LogP contribution in [0, 0.1) is 0 Å². The minimum atomic E-state index is 0.296. The first-order valence-corrected chi connectivity index (χ1v) is 7.37. The first-order valence-electron chi connectivity index (χ1n) is 6.58. The largest absolute Gasteiger partial charge is 0.496 e. The molecule has 5 heteroatoms. The Hall–Kier alpha value is -0.620. The van der Waals surface area contributed by atoms with Crippen molar-refractivity contribution in [2.24, 2.45) is 0 Å². The van der Waals surface area contributed by atoms with Crippen molar-refractivity contribution in [3.63, 3.8) is 0 Å². The molecule has 0 spiro atoms. The van der Waals surface area contributed by atoms with Crippen molar-refractivity contribution in [2.45, 2.75) is 12.1 Å². The summed E-state index contributed by atoms with van der Waals surface area (Å²) in [6.07, 6.45) is 0. The SMILES string of the molecule is CNC(c1ccc(OC)c(Br)c1)C1CN(C)CCN1. The van der Waals surface area contributed by atoms with E-state index in [1.165, 1.54) is 5.56 Å². The predicted octanol–water partition coefficient (Wildman–Crippen LogP) is 1.62. The number of piperazine rings is 1. The van der Waals surface area contributed by atoms with Gasteiger partial charge in [0.05, 0.1) is 11.6 Å². The van der Waals surface area contributed by atoms with E-state index in [-0.39, 0.29) is 0 Å². The summed E-state index contributed by atoms with van der Waals surface area (Å²) in [6, 6.07) is 6.99. The Morgan fingerprint density at radius 3 is 2.89 bits per heavy atom. The molecule has 0 aliphatic carbocycles. The lowest BCUT2D eigenvalue weighted by molar-refractivity contribution is 0.210. The number of benzene rings is 1. The third-order valence-corrected chi connectivity index (χ3v) is 4.28. The normalized spacial score (nSPS) is 22.2. The first-order chi connectivity index (χ1) is 9.15. The van der Waals surface area contributed by atoms with Gasteiger partial charge in [0.2, 0.25) is 0 Å². The molecule has 1 aromatic rings. The van der Waals surface area contributed by atoms with Gasteiger partial charge < -0.3 is 20.3 Å². The van der Waals surface area contributed by atoms with Crippen LogP contribution in [0.4, 0.5) is 0 Å². The van der Waals surface area contributed by atoms with Crippen LogP contribution in [-0.2, 0) is 0 Å². The molecule has 1 aliphatic rings. The molecule has 1 fully saturated rings. The fraction of sp³-hybridized carbons (Fsp3) is 0.571. The maximum Gasteiger partial charge on any atom is 0.133 e. The van der Waals surface area contributed by atoms with E-state index >= 15 is 0 Å². The lowest BCUT2D eigenvalue weighted by atomic mass is 9.97. The van der Waals surface area contributed by atoms with Gasteiger partial charge in [-0.2, -0.15) is 0 Å². The molecule has 106 valence electrons. The first kappa shape index (κ1) is 14.8. The fourth-order valence-electron chi connectivity index (χ4n) is 2.63. The number of likely N-dealkylation sites (N-methyl/N-ethyl adjacent to an activating group) is 2. The van der Waals surface area contributed by atoms with Crippen molar-refractivity contribution in [3.8, 4) is 5.75 Å². The Morgan fingerprint density at radius 1 is 1.53 bits per heavy atom. The van der Waals surface area contributed by atoms with E-state index < -0.39 is 0 Å². The number of methoxy groups -OCH3 is 1. The Morgan fingerprint density at radius 2 is 2.32 bits per heavy atom. The molecule has 19 heavy (non-hydrogen) atoms. The Balaban J connectivity index is 2.19. The molecule has 1 aromatic carbocycles. The number of halogens is 1. The van der Waals surface area contributed by atoms with Crippen LogP contribution in [0.2, 0.25) is 0 Å². The van der Waals surface area contributed by atoms with Crippen LogP contribution in [0.25, 0.3) is 0 Å². The lowest BCUT2D eigenvalue weighted by Crippen LogP contribution is -2.54. The van der Waals surface area contributed by atoms with Gasteiger partial charge in [-0.3, -0.25) is 0 Å². The summed E-state index contributed by atoms with van der Waals surface area (Å²) in [5, 5.41) is 7.02. The van der Waals surface area contributed by atoms with E-state index in [0.717, 1.165) is 29.9 Å². The summed E-state index contributed by atoms with van der Waals surface area (Å²) < 4.78 is 6.28. The molecule has 2 unspecified atom stereocenters. The zero-order valence-electron chi connectivity index (χ0n) is 11.7. The molecule has 2 atom stereocenters. The highest BCUT2D eigenvalue weighted by Crippen LogP contribution is 2.29. The van der Waals surface area contributed by atoms with Crippen LogP contribution < -0.4 is 15.4 Å². The second-order valence-electron chi connectivity index (χ2n) is 4.98. The molecule has 1 saturated heterocycles. The average molecular weight is 328 g/mol. The van der Waals surface area contributed by atoms with Crippen LogP contribution in [-0.4, -0.2) is 51.8 Å². The maximum atomic E-state index is 5.28. The minimum Gasteiger partial charge on any atom is -0.496 e. The summed E-state index contributed by atoms with van der Waals surface area (Å²) in [6.45, 7) is 3.20. The molecule has 0 aromatic heterocycles. The molecule has 0 bridgehead atoms. The smallest absolute Gasteiger partial charge is 0.133 e. The van der Waals surface area contributed by atoms with Gasteiger partial charge in [0.25, 0.3) is 0 Å². The highest BCUT2D eigenvalue weighted by Gasteiger charge is 2.25. The fourth-order valence-corrected chi connectivity index (χ4v) is 3.19. The zero-order chi connectivity index (χ0) is 13.8. The standard InChI is InChI=1S/C14H22BrN3O/c1-16-14(12-9-18(2)7-6-17-12)10-4-5-13(19-3)11(15)8-10/h4-5,8,12,14,16-17H,6-7,9H2,1-3H3. The van der Waals surface area contributed by atoms with Gasteiger partial charge in [-0.25, -0.2) is 0 Å². The predicted molar refractivity (Wildman–Crippen MR) is 81.8 cm³/mol. The van der Waals surface area contributed by atoms with E-state index in [0.29, 0.717) is 12.1 Å². The Labute approximate surface area is 123 Å². The second kappa shape index (κ2) is 6.70. The number of nitrogens with zero attached hydrogens (tertiary/aromatic N) is 1. The molecule has 0 saturated carbocycles. The molecule has 2 N–H and O–H groups in total. The third-order valence-electron chi connectivity index (χ3n) is 3.66. The molecule has 2 rings (SSSR count). The van der Waals surface area contributed by atoms with Gasteiger partial charge in [-0.05, 0) is 47.7 Å². The van der Waals surface area contributed by atoms with E-state index in [1.54, 1.807) is 7.11 Å². The third kappa shape index (κ3) is 3.48. The van der Waals surface area contributed by atoms with Gasteiger partial charge in [0.15, 0.2) is 0 Å². The highest BCUT2D eigenvalue weighted by molar-refractivity contribution is 9.10. The van der Waals surface area contributed by atoms with Crippen molar-refractivity contribution >= 4 is 15.9 Å². The summed E-state index contributed by atoms with van der Waals surface area (Å²) >= 11 is 3.56. The Bertz CT molecular complexity index is 427. The van der Waals surface area contributed by atoms with Gasteiger partial charge in [0.1, 0.15) is 5.75 Å². The van der Waals surface area contributed by atoms with Crippen molar-refractivity contribution in [3.05, 3.63) is 28.2 Å². The van der Waals surface area contributed by atoms with Gasteiger partial charge >= 0.3 is 0 Å². The van der Waals surface area contributed by atoms with Crippen LogP contribution in [0.3, 0.4) is 0 Å². The quantitative estimate of drug-likeness (QED) is 0.881. The molecule has 1 aliphatic heterocycles. The number of nitrogens with one attached hydrogen (secondary N) is 2. The van der Waals surface area contributed by atoms with E-state index in [9.17, 15) is 0 Å². The molecular weight excluding hydrogens is 306 g/mol. The van der Waals surface area contributed by atoms with Crippen LogP contribution in [0.1, 0.15) is 11.6 Å². The van der Waals surface area contributed by atoms with Gasteiger partial charge in [-0.1, -0.05) is 6.07 Å². The molecule has 4 nitrogen and oxygen atoms in total. The van der Waals surface area contributed by atoms with Gasteiger partial charge in [-0.15, -0.1) is 0 Å². The maximum absolute atomic E-state index is 5.28. The summed E-state index contributed by atoms with van der Waals surface area (Å²) in [5.41, 5.74) is 1.27. The zero-order valence-corrected chi connectivity index (χ0v) is 13.3. The van der Waals surface area contributed by atoms with Crippen molar-refractivity contribution in [2.75, 3.05) is 40.8 Å². The highest BCUT2D eigenvalue weighted by atomic mass is 79.9. The number of hydrogen-bond acceptors (Lipinski definition) is 4. The molecule has 0 amide bonds. The monoisotopic (exact) mass is 327 g/mol. The topological polar surface area (TPSA) is 36.5 Å². The van der Waals surface area contributed by atoms with Gasteiger partial charge in [0, 0.05) is 31.7 Å². The number of rotatable bonds is 4. The molecule has 0 radical (unpaired) electrons. The number of ether oxygens (including phenoxy) is 1. The molecular formula is C14H22BrN3O. The van der Waals surface area contributed by atoms with Crippen LogP contribution in [0.5, 0.6) is 5.75 Å². The summed E-state index contributed by atoms with van der Waals surface area (Å²) in [5.74, 6) is 0.868. The molecule has 1 heterocycles. The number of hydrogen-bond donors (Lipinski definition) is 2. The van der Waals surface area contributed by atoms with Crippen LogP contribution >= 0.6 is 15.9 Å². The second-order valence-corrected chi connectivity index (χ2v) is 5.84. The van der Waals surface area contributed by atoms with E-state index in [1.807, 2.05) is 13.1 Å². The van der Waals surface area contributed by atoms with Crippen molar-refractivity contribution < 1.29 is 4.74 Å². The lowest BCUT2D eigenvalue weighted by Gasteiger charge is -2.36. The summed E-state index contributed by atoms with van der Waals surface area (Å²) in [7, 11) is 5.87. The van der Waals surface area contributed by atoms with Crippen LogP contribution in [0.15, 0.2) is 22.7 Å². The summed E-state index contributed by atoms with van der Waals surface area (Å²) in [4.78, 5) is 2.37. The van der Waals surface area contributed by atoms with E-state index in [4.69, 9.17) is 4.74 Å². The Kier molecular flexibility index (Phi) is 5.21.